The van der Waals surface area contributed by atoms with Gasteiger partial charge in [-0.2, -0.15) is 0 Å². The van der Waals surface area contributed by atoms with Crippen molar-refractivity contribution in [3.05, 3.63) is 62.6 Å². The van der Waals surface area contributed by atoms with Gasteiger partial charge in [-0.15, -0.1) is 11.8 Å². The number of rotatable bonds is 7. The van der Waals surface area contributed by atoms with Crippen LogP contribution in [-0.4, -0.2) is 80.0 Å². The topological polar surface area (TPSA) is 127 Å². The normalized spacial score (nSPS) is 29.4. The molecule has 5 aliphatic rings. The molecule has 3 aliphatic heterocycles. The molecule has 0 spiro atoms. The molecule has 2 saturated heterocycles. The first-order chi connectivity index (χ1) is 22.4. The number of thiazole rings is 1. The number of imide groups is 1. The zero-order chi connectivity index (χ0) is 31.7. The Morgan fingerprint density at radius 1 is 0.957 bits per heavy atom. The van der Waals surface area contributed by atoms with Gasteiger partial charge in [0.05, 0.1) is 50.0 Å². The van der Waals surface area contributed by atoms with Gasteiger partial charge in [0.25, 0.3) is 5.91 Å². The number of fused-ring (bicyclic) bond motifs is 9. The second-order valence-corrected chi connectivity index (χ2v) is 14.6. The Morgan fingerprint density at radius 3 is 2.41 bits per heavy atom. The maximum atomic E-state index is 14.0. The number of benzene rings is 2. The summed E-state index contributed by atoms with van der Waals surface area (Å²) >= 11 is 2.86. The molecule has 3 aromatic rings. The Labute approximate surface area is 273 Å². The van der Waals surface area contributed by atoms with Gasteiger partial charge in [0.2, 0.25) is 11.8 Å². The quantitative estimate of drug-likeness (QED) is 0.379. The lowest BCUT2D eigenvalue weighted by Crippen LogP contribution is -2.43. The van der Waals surface area contributed by atoms with Crippen LogP contribution >= 0.6 is 23.1 Å². The molecule has 2 saturated carbocycles. The number of carbonyl (C=O) groups excluding carboxylic acids is 3. The summed E-state index contributed by atoms with van der Waals surface area (Å²) < 4.78 is 22.3. The van der Waals surface area contributed by atoms with E-state index in [1.54, 1.807) is 55.1 Å². The summed E-state index contributed by atoms with van der Waals surface area (Å²) in [5, 5.41) is 0.902. The van der Waals surface area contributed by atoms with E-state index in [0.29, 0.717) is 49.2 Å². The van der Waals surface area contributed by atoms with Crippen LogP contribution in [0, 0.1) is 29.6 Å². The van der Waals surface area contributed by atoms with Crippen molar-refractivity contribution < 1.29 is 33.3 Å². The number of nitrogens with one attached hydrogen (secondary N) is 1. The third-order valence-electron chi connectivity index (χ3n) is 10.3. The van der Waals surface area contributed by atoms with Gasteiger partial charge in [-0.25, -0.2) is 0 Å². The number of thioether (sulfide) groups is 1. The Morgan fingerprint density at radius 2 is 1.70 bits per heavy atom. The lowest BCUT2D eigenvalue weighted by Gasteiger charge is -2.43. The van der Waals surface area contributed by atoms with Crippen molar-refractivity contribution in [3.63, 3.8) is 0 Å². The van der Waals surface area contributed by atoms with Gasteiger partial charge in [0, 0.05) is 29.1 Å². The second-order valence-electron chi connectivity index (χ2n) is 12.4. The summed E-state index contributed by atoms with van der Waals surface area (Å²) in [6.45, 7) is 2.00. The van der Waals surface area contributed by atoms with Crippen molar-refractivity contribution in [1.82, 2.24) is 9.88 Å². The molecule has 1 N–H and O–H groups in total. The molecular weight excluding hydrogens is 631 g/mol. The molecule has 46 heavy (non-hydrogen) atoms. The molecule has 240 valence electrons. The Bertz CT molecular complexity index is 1770. The van der Waals surface area contributed by atoms with Crippen molar-refractivity contribution >= 4 is 46.5 Å². The third-order valence-corrected chi connectivity index (χ3v) is 12.9. The van der Waals surface area contributed by atoms with Gasteiger partial charge in [0.15, 0.2) is 18.1 Å². The van der Waals surface area contributed by atoms with Gasteiger partial charge < -0.3 is 28.8 Å². The lowest BCUT2D eigenvalue weighted by molar-refractivity contribution is -0.137. The highest BCUT2D eigenvalue weighted by atomic mass is 32.2. The van der Waals surface area contributed by atoms with E-state index >= 15 is 0 Å². The monoisotopic (exact) mass is 663 g/mol. The molecule has 2 aromatic carbocycles. The molecule has 8 rings (SSSR count). The number of nitrogens with zero attached hydrogens (tertiary/aromatic N) is 2. The van der Waals surface area contributed by atoms with E-state index in [4.69, 9.17) is 18.9 Å². The van der Waals surface area contributed by atoms with Crippen LogP contribution in [0.4, 0.5) is 5.69 Å². The second kappa shape index (κ2) is 11.5. The Kier molecular flexibility index (Phi) is 7.37. The highest BCUT2D eigenvalue weighted by Gasteiger charge is 2.69. The van der Waals surface area contributed by atoms with E-state index in [2.05, 4.69) is 4.98 Å². The summed E-state index contributed by atoms with van der Waals surface area (Å²) in [5.74, 6) is 0.295. The number of hydrogen-bond donors (Lipinski definition) is 1. The predicted molar refractivity (Wildman–Crippen MR) is 170 cm³/mol. The minimum atomic E-state index is -0.406. The fourth-order valence-electron chi connectivity index (χ4n) is 8.42. The third kappa shape index (κ3) is 4.57. The van der Waals surface area contributed by atoms with Crippen molar-refractivity contribution in [3.8, 4) is 17.2 Å². The average molecular weight is 664 g/mol. The minimum absolute atomic E-state index is 0.0134. The van der Waals surface area contributed by atoms with Crippen LogP contribution in [-0.2, 0) is 19.1 Å². The van der Waals surface area contributed by atoms with E-state index in [1.807, 2.05) is 18.2 Å². The minimum Gasteiger partial charge on any atom is -0.497 e. The average Bonchev–Trinajstić information content (AvgIpc) is 3.82. The molecule has 13 heteroatoms. The van der Waals surface area contributed by atoms with Crippen molar-refractivity contribution in [2.75, 3.05) is 52.0 Å². The van der Waals surface area contributed by atoms with E-state index in [9.17, 15) is 19.2 Å². The number of hydrogen-bond acceptors (Lipinski definition) is 10. The number of aromatic nitrogens is 1. The fraction of sp³-hybridized carbons (Fsp3) is 0.455. The molecule has 11 nitrogen and oxygen atoms in total. The molecule has 2 aliphatic carbocycles. The maximum Gasteiger partial charge on any atom is 0.305 e. The van der Waals surface area contributed by atoms with Crippen molar-refractivity contribution in [1.29, 1.82) is 0 Å². The van der Waals surface area contributed by atoms with Gasteiger partial charge in [-0.1, -0.05) is 17.4 Å². The van der Waals surface area contributed by atoms with Crippen LogP contribution in [0.25, 0.3) is 0 Å². The van der Waals surface area contributed by atoms with E-state index < -0.39 is 5.92 Å². The van der Waals surface area contributed by atoms with Gasteiger partial charge in [-0.3, -0.25) is 24.1 Å². The standard InChI is InChI=1S/C33H33N3O8S2/c1-41-18-6-4-17(5-7-18)36-31(38)26-19-14-20(27(26)32(36)39)28-25(19)24(29-30(45-28)34-33(40)46-29)16-3-8-21(22(13-16)42-2)44-15-23(37)35-9-11-43-12-10-35/h3-8,13,19-20,24-28H,9-12,14-15H2,1-2H3,(H,34,40)/t19-,20-,24-,25?,26?,27?,28?/m1/s1. The Balaban J connectivity index is 1.11. The van der Waals surface area contributed by atoms with Crippen LogP contribution in [0.1, 0.15) is 22.8 Å². The summed E-state index contributed by atoms with van der Waals surface area (Å²) in [7, 11) is 3.14. The van der Waals surface area contributed by atoms with Gasteiger partial charge >= 0.3 is 4.87 Å². The zero-order valence-corrected chi connectivity index (χ0v) is 26.9. The number of aromatic amines is 1. The molecule has 4 unspecified atom stereocenters. The van der Waals surface area contributed by atoms with Crippen LogP contribution in [0.3, 0.4) is 0 Å². The smallest absolute Gasteiger partial charge is 0.305 e. The zero-order valence-electron chi connectivity index (χ0n) is 25.3. The van der Waals surface area contributed by atoms with Crippen LogP contribution in [0.2, 0.25) is 0 Å². The molecule has 0 radical (unpaired) electrons. The number of anilines is 1. The first kappa shape index (κ1) is 29.6. The lowest BCUT2D eigenvalue weighted by atomic mass is 9.68. The number of H-pyrrole nitrogens is 1. The molecule has 2 bridgehead atoms. The van der Waals surface area contributed by atoms with E-state index in [0.717, 1.165) is 21.9 Å². The number of methoxy groups -OCH3 is 2. The molecule has 3 amide bonds. The molecule has 4 fully saturated rings. The van der Waals surface area contributed by atoms with Gasteiger partial charge in [-0.05, 0) is 66.1 Å². The summed E-state index contributed by atoms with van der Waals surface area (Å²) in [5.41, 5.74) is 1.51. The maximum absolute atomic E-state index is 14.0. The summed E-state index contributed by atoms with van der Waals surface area (Å²) in [6, 6.07) is 12.8. The SMILES string of the molecule is COc1ccc(N2C(=O)C3C(C2=O)[C@@H]2C[C@H]3C3Sc4[nH]c(=O)sc4[C@H](c4ccc(OCC(=O)N5CCOCC5)c(OC)c4)C32)cc1. The molecule has 7 atom stereocenters. The van der Waals surface area contributed by atoms with Gasteiger partial charge in [0.1, 0.15) is 5.75 Å². The van der Waals surface area contributed by atoms with Crippen molar-refractivity contribution in [2.45, 2.75) is 22.6 Å². The summed E-state index contributed by atoms with van der Waals surface area (Å²) in [4.78, 5) is 60.3. The van der Waals surface area contributed by atoms with Crippen molar-refractivity contribution in [2.24, 2.45) is 29.6 Å². The highest BCUT2D eigenvalue weighted by Crippen LogP contribution is 2.68. The Hall–Kier alpha value is -3.81. The highest BCUT2D eigenvalue weighted by molar-refractivity contribution is 8.00. The molecule has 4 heterocycles. The number of carbonyl (C=O) groups is 3. The molecule has 1 aromatic heterocycles. The first-order valence-corrected chi connectivity index (χ1v) is 17.1. The first-order valence-electron chi connectivity index (χ1n) is 15.5. The fourth-order valence-corrected chi connectivity index (χ4v) is 11.3. The van der Waals surface area contributed by atoms with Crippen LogP contribution in [0.15, 0.2) is 52.3 Å². The number of morpholine rings is 1. The van der Waals surface area contributed by atoms with E-state index in [-0.39, 0.29) is 64.0 Å². The number of ether oxygens (including phenoxy) is 4. The number of amides is 3. The summed E-state index contributed by atoms with van der Waals surface area (Å²) in [6.07, 6.45) is 0.795. The predicted octanol–water partition coefficient (Wildman–Crippen LogP) is 3.37. The largest absolute Gasteiger partial charge is 0.497 e. The van der Waals surface area contributed by atoms with Crippen LogP contribution in [0.5, 0.6) is 17.2 Å². The molecular formula is C33H33N3O8S2. The van der Waals surface area contributed by atoms with E-state index in [1.165, 1.54) is 16.2 Å². The van der Waals surface area contributed by atoms with Crippen LogP contribution < -0.4 is 24.0 Å².